The fraction of sp³-hybridized carbons (Fsp3) is 0.538. The first-order valence-electron chi connectivity index (χ1n) is 5.60. The summed E-state index contributed by atoms with van der Waals surface area (Å²) in [6, 6.07) is 6.10. The Hall–Kier alpha value is -0.570. The molecule has 0 spiro atoms. The van der Waals surface area contributed by atoms with Gasteiger partial charge in [0.1, 0.15) is 0 Å². The molecule has 0 saturated carbocycles. The van der Waals surface area contributed by atoms with Crippen molar-refractivity contribution in [3.05, 3.63) is 34.3 Å². The predicted molar refractivity (Wildman–Crippen MR) is 68.8 cm³/mol. The summed E-state index contributed by atoms with van der Waals surface area (Å²) in [6.45, 7) is 5.63. The van der Waals surface area contributed by atoms with Crippen LogP contribution in [-0.2, 0) is 6.54 Å². The topological polar surface area (TPSA) is 23.5 Å². The third kappa shape index (κ3) is 4.52. The second-order valence-electron chi connectivity index (χ2n) is 4.46. The standard InChI is InChI=1S/C13H20ClNO/c1-10-8-12(4-5-13(10)14)9-15(3)7-6-11(2)16/h4-5,8,11,16H,6-7,9H2,1-3H3. The van der Waals surface area contributed by atoms with Crippen LogP contribution in [0.2, 0.25) is 5.02 Å². The minimum absolute atomic E-state index is 0.227. The van der Waals surface area contributed by atoms with E-state index in [2.05, 4.69) is 18.0 Å². The van der Waals surface area contributed by atoms with Gasteiger partial charge in [0.15, 0.2) is 0 Å². The first-order chi connectivity index (χ1) is 7.49. The van der Waals surface area contributed by atoms with E-state index in [1.54, 1.807) is 0 Å². The first kappa shape index (κ1) is 13.5. The average molecular weight is 242 g/mol. The van der Waals surface area contributed by atoms with Gasteiger partial charge in [-0.25, -0.2) is 0 Å². The first-order valence-corrected chi connectivity index (χ1v) is 5.98. The van der Waals surface area contributed by atoms with E-state index in [1.165, 1.54) is 5.56 Å². The molecule has 0 heterocycles. The molecular weight excluding hydrogens is 222 g/mol. The summed E-state index contributed by atoms with van der Waals surface area (Å²) >= 11 is 5.97. The van der Waals surface area contributed by atoms with Gasteiger partial charge in [0.25, 0.3) is 0 Å². The average Bonchev–Trinajstić information content (AvgIpc) is 2.21. The molecule has 3 heteroatoms. The summed E-state index contributed by atoms with van der Waals surface area (Å²) in [7, 11) is 2.06. The van der Waals surface area contributed by atoms with Gasteiger partial charge < -0.3 is 10.0 Å². The number of hydrogen-bond acceptors (Lipinski definition) is 2. The lowest BCUT2D eigenvalue weighted by Gasteiger charge is -2.18. The molecule has 0 aromatic heterocycles. The van der Waals surface area contributed by atoms with Gasteiger partial charge in [0, 0.05) is 18.1 Å². The highest BCUT2D eigenvalue weighted by molar-refractivity contribution is 6.31. The fourth-order valence-electron chi connectivity index (χ4n) is 1.60. The monoisotopic (exact) mass is 241 g/mol. The molecule has 0 radical (unpaired) electrons. The van der Waals surface area contributed by atoms with Crippen LogP contribution in [0, 0.1) is 6.92 Å². The highest BCUT2D eigenvalue weighted by atomic mass is 35.5. The molecule has 1 aromatic carbocycles. The lowest BCUT2D eigenvalue weighted by atomic mass is 10.1. The van der Waals surface area contributed by atoms with Gasteiger partial charge in [-0.05, 0) is 44.5 Å². The van der Waals surface area contributed by atoms with Crippen LogP contribution in [0.3, 0.4) is 0 Å². The maximum absolute atomic E-state index is 9.20. The Morgan fingerprint density at radius 1 is 1.44 bits per heavy atom. The second kappa shape index (κ2) is 6.24. The zero-order valence-electron chi connectivity index (χ0n) is 10.2. The van der Waals surface area contributed by atoms with Gasteiger partial charge in [-0.15, -0.1) is 0 Å². The van der Waals surface area contributed by atoms with Crippen molar-refractivity contribution >= 4 is 11.6 Å². The molecule has 0 fully saturated rings. The van der Waals surface area contributed by atoms with Gasteiger partial charge in [0.05, 0.1) is 6.10 Å². The summed E-state index contributed by atoms with van der Waals surface area (Å²) < 4.78 is 0. The Bertz CT molecular complexity index is 339. The zero-order valence-corrected chi connectivity index (χ0v) is 11.0. The second-order valence-corrected chi connectivity index (χ2v) is 4.87. The molecule has 1 N–H and O–H groups in total. The Morgan fingerprint density at radius 2 is 2.12 bits per heavy atom. The minimum atomic E-state index is -0.227. The molecular formula is C13H20ClNO. The maximum Gasteiger partial charge on any atom is 0.0524 e. The molecule has 0 aliphatic carbocycles. The van der Waals surface area contributed by atoms with Crippen LogP contribution in [0.1, 0.15) is 24.5 Å². The van der Waals surface area contributed by atoms with Crippen LogP contribution in [0.4, 0.5) is 0 Å². The predicted octanol–water partition coefficient (Wildman–Crippen LogP) is 2.85. The number of aliphatic hydroxyl groups is 1. The number of hydrogen-bond donors (Lipinski definition) is 1. The van der Waals surface area contributed by atoms with E-state index in [0.29, 0.717) is 0 Å². The summed E-state index contributed by atoms with van der Waals surface area (Å²) in [5.74, 6) is 0. The zero-order chi connectivity index (χ0) is 12.1. The third-order valence-corrected chi connectivity index (χ3v) is 3.03. The van der Waals surface area contributed by atoms with Crippen molar-refractivity contribution in [1.29, 1.82) is 0 Å². The maximum atomic E-state index is 9.20. The number of halogens is 1. The summed E-state index contributed by atoms with van der Waals surface area (Å²) in [4.78, 5) is 2.20. The van der Waals surface area contributed by atoms with Crippen molar-refractivity contribution < 1.29 is 5.11 Å². The third-order valence-electron chi connectivity index (χ3n) is 2.60. The number of nitrogens with zero attached hydrogens (tertiary/aromatic N) is 1. The van der Waals surface area contributed by atoms with E-state index in [0.717, 1.165) is 30.1 Å². The molecule has 0 aliphatic rings. The molecule has 16 heavy (non-hydrogen) atoms. The molecule has 2 nitrogen and oxygen atoms in total. The molecule has 1 aromatic rings. The van der Waals surface area contributed by atoms with Gasteiger partial charge in [-0.2, -0.15) is 0 Å². The van der Waals surface area contributed by atoms with Crippen molar-refractivity contribution in [2.24, 2.45) is 0 Å². The summed E-state index contributed by atoms with van der Waals surface area (Å²) in [5.41, 5.74) is 2.37. The normalized spacial score (nSPS) is 13.1. The highest BCUT2D eigenvalue weighted by Gasteiger charge is 2.04. The Kier molecular flexibility index (Phi) is 5.26. The number of benzene rings is 1. The van der Waals surface area contributed by atoms with Crippen molar-refractivity contribution in [1.82, 2.24) is 4.90 Å². The van der Waals surface area contributed by atoms with Gasteiger partial charge >= 0.3 is 0 Å². The van der Waals surface area contributed by atoms with E-state index < -0.39 is 0 Å². The van der Waals surface area contributed by atoms with Crippen molar-refractivity contribution in [3.8, 4) is 0 Å². The largest absolute Gasteiger partial charge is 0.393 e. The van der Waals surface area contributed by atoms with Crippen LogP contribution >= 0.6 is 11.6 Å². The fourth-order valence-corrected chi connectivity index (χ4v) is 1.72. The number of aliphatic hydroxyl groups excluding tert-OH is 1. The van der Waals surface area contributed by atoms with Crippen LogP contribution in [0.15, 0.2) is 18.2 Å². The highest BCUT2D eigenvalue weighted by Crippen LogP contribution is 2.17. The molecule has 90 valence electrons. The molecule has 1 atom stereocenters. The molecule has 1 rings (SSSR count). The molecule has 0 bridgehead atoms. The van der Waals surface area contributed by atoms with Gasteiger partial charge in [-0.1, -0.05) is 23.7 Å². The lowest BCUT2D eigenvalue weighted by Crippen LogP contribution is -2.22. The smallest absolute Gasteiger partial charge is 0.0524 e. The summed E-state index contributed by atoms with van der Waals surface area (Å²) in [5, 5.41) is 10.0. The van der Waals surface area contributed by atoms with Crippen molar-refractivity contribution in [3.63, 3.8) is 0 Å². The SMILES string of the molecule is Cc1cc(CN(C)CCC(C)O)ccc1Cl. The van der Waals surface area contributed by atoms with Gasteiger partial charge in [-0.3, -0.25) is 0 Å². The Morgan fingerprint density at radius 3 is 2.69 bits per heavy atom. The molecule has 0 saturated heterocycles. The Balaban J connectivity index is 2.49. The molecule has 1 unspecified atom stereocenters. The van der Waals surface area contributed by atoms with E-state index in [4.69, 9.17) is 11.6 Å². The van der Waals surface area contributed by atoms with Crippen LogP contribution in [0.5, 0.6) is 0 Å². The summed E-state index contributed by atoms with van der Waals surface area (Å²) in [6.07, 6.45) is 0.581. The van der Waals surface area contributed by atoms with E-state index in [-0.39, 0.29) is 6.10 Å². The van der Waals surface area contributed by atoms with Crippen molar-refractivity contribution in [2.75, 3.05) is 13.6 Å². The van der Waals surface area contributed by atoms with Gasteiger partial charge in [0.2, 0.25) is 0 Å². The van der Waals surface area contributed by atoms with Crippen LogP contribution < -0.4 is 0 Å². The Labute approximate surface area is 103 Å². The molecule has 0 amide bonds. The molecule has 0 aliphatic heterocycles. The van der Waals surface area contributed by atoms with Crippen LogP contribution in [-0.4, -0.2) is 29.7 Å². The van der Waals surface area contributed by atoms with E-state index in [1.807, 2.05) is 26.0 Å². The van der Waals surface area contributed by atoms with Crippen molar-refractivity contribution in [2.45, 2.75) is 32.9 Å². The quantitative estimate of drug-likeness (QED) is 0.857. The lowest BCUT2D eigenvalue weighted by molar-refractivity contribution is 0.163. The number of rotatable bonds is 5. The van der Waals surface area contributed by atoms with E-state index in [9.17, 15) is 5.11 Å². The van der Waals surface area contributed by atoms with E-state index >= 15 is 0 Å². The number of aryl methyl sites for hydroxylation is 1. The van der Waals surface area contributed by atoms with Crippen LogP contribution in [0.25, 0.3) is 0 Å². The minimum Gasteiger partial charge on any atom is -0.393 e.